The number of hydrogen-bond donors (Lipinski definition) is 0. The van der Waals surface area contributed by atoms with Crippen LogP contribution in [0.2, 0.25) is 0 Å². The molecule has 0 unspecified atom stereocenters. The van der Waals surface area contributed by atoms with Crippen LogP contribution >= 0.6 is 0 Å². The van der Waals surface area contributed by atoms with E-state index in [-0.39, 0.29) is 0 Å². The lowest BCUT2D eigenvalue weighted by Gasteiger charge is -2.26. The van der Waals surface area contributed by atoms with Crippen LogP contribution in [0.4, 0.5) is 17.1 Å². The van der Waals surface area contributed by atoms with Gasteiger partial charge in [-0.25, -0.2) is 0 Å². The van der Waals surface area contributed by atoms with Gasteiger partial charge in [0, 0.05) is 33.5 Å². The highest BCUT2D eigenvalue weighted by atomic mass is 15.1. The second-order valence-electron chi connectivity index (χ2n) is 13.6. The molecule has 0 spiro atoms. The van der Waals surface area contributed by atoms with E-state index in [1.807, 2.05) is 0 Å². The van der Waals surface area contributed by atoms with Gasteiger partial charge in [-0.3, -0.25) is 0 Å². The van der Waals surface area contributed by atoms with Crippen LogP contribution in [0.5, 0.6) is 0 Å². The van der Waals surface area contributed by atoms with E-state index in [9.17, 15) is 0 Å². The Kier molecular flexibility index (Phi) is 7.98. The van der Waals surface area contributed by atoms with Gasteiger partial charge < -0.3 is 9.47 Å². The topological polar surface area (TPSA) is 8.17 Å². The fraction of sp³-hybridized carbons (Fsp3) is 0.0400. The first-order chi connectivity index (χ1) is 25.6. The summed E-state index contributed by atoms with van der Waals surface area (Å²) in [5.74, 6) is 0. The summed E-state index contributed by atoms with van der Waals surface area (Å²) in [6, 6.07) is 70.3. The van der Waals surface area contributed by atoms with E-state index < -0.39 is 0 Å². The molecular formula is C50H38N2. The summed E-state index contributed by atoms with van der Waals surface area (Å²) in [6.45, 7) is 4.34. The fourth-order valence-corrected chi connectivity index (χ4v) is 7.45. The lowest BCUT2D eigenvalue weighted by Crippen LogP contribution is -2.09. The first kappa shape index (κ1) is 31.3. The Hall–Kier alpha value is -6.64. The molecule has 8 aromatic carbocycles. The average molecular weight is 667 g/mol. The lowest BCUT2D eigenvalue weighted by atomic mass is 10.0. The van der Waals surface area contributed by atoms with E-state index in [2.05, 4.69) is 217 Å². The SMILES string of the molecule is Cc1ccc2c(c1)c1cc(C)ccc1n2-c1ccc(-c2ccc(N(c3ccc(-c4ccccc4)cc3)c3ccc(-c4ccccc4)cc3)cc2)cc1. The zero-order valence-corrected chi connectivity index (χ0v) is 29.4. The van der Waals surface area contributed by atoms with Crippen LogP contribution in [-0.2, 0) is 0 Å². The molecule has 2 heteroatoms. The monoisotopic (exact) mass is 666 g/mol. The Balaban J connectivity index is 1.06. The zero-order valence-electron chi connectivity index (χ0n) is 29.4. The number of anilines is 3. The van der Waals surface area contributed by atoms with Gasteiger partial charge in [0.2, 0.25) is 0 Å². The van der Waals surface area contributed by atoms with E-state index in [0.29, 0.717) is 0 Å². The molecule has 0 amide bonds. The molecule has 0 saturated heterocycles. The van der Waals surface area contributed by atoms with Crippen molar-refractivity contribution in [1.29, 1.82) is 0 Å². The van der Waals surface area contributed by atoms with Crippen molar-refractivity contribution in [1.82, 2.24) is 4.57 Å². The summed E-state index contributed by atoms with van der Waals surface area (Å²) in [5.41, 5.74) is 16.7. The third-order valence-corrected chi connectivity index (χ3v) is 10.1. The second kappa shape index (κ2) is 13.2. The van der Waals surface area contributed by atoms with Gasteiger partial charge in [-0.1, -0.05) is 132 Å². The number of fused-ring (bicyclic) bond motifs is 3. The highest BCUT2D eigenvalue weighted by molar-refractivity contribution is 6.09. The van der Waals surface area contributed by atoms with E-state index in [1.54, 1.807) is 0 Å². The van der Waals surface area contributed by atoms with E-state index >= 15 is 0 Å². The van der Waals surface area contributed by atoms with Gasteiger partial charge >= 0.3 is 0 Å². The molecule has 9 aromatic rings. The number of aromatic nitrogens is 1. The minimum Gasteiger partial charge on any atom is -0.311 e. The van der Waals surface area contributed by atoms with E-state index in [1.165, 1.54) is 66.3 Å². The normalized spacial score (nSPS) is 11.3. The predicted molar refractivity (Wildman–Crippen MR) is 221 cm³/mol. The van der Waals surface area contributed by atoms with Gasteiger partial charge in [0.15, 0.2) is 0 Å². The Bertz CT molecular complexity index is 2490. The smallest absolute Gasteiger partial charge is 0.0541 e. The van der Waals surface area contributed by atoms with Crippen molar-refractivity contribution in [2.45, 2.75) is 13.8 Å². The Morgan fingerprint density at radius 3 is 1.02 bits per heavy atom. The maximum absolute atomic E-state index is 2.39. The third-order valence-electron chi connectivity index (χ3n) is 10.1. The summed E-state index contributed by atoms with van der Waals surface area (Å²) in [7, 11) is 0. The molecule has 0 saturated carbocycles. The summed E-state index contributed by atoms with van der Waals surface area (Å²) in [4.78, 5) is 2.34. The maximum Gasteiger partial charge on any atom is 0.0541 e. The number of rotatable bonds is 7. The summed E-state index contributed by atoms with van der Waals surface area (Å²) < 4.78 is 2.39. The highest BCUT2D eigenvalue weighted by Gasteiger charge is 2.15. The number of hydrogen-bond acceptors (Lipinski definition) is 1. The number of benzene rings is 8. The minimum absolute atomic E-state index is 1.11. The first-order valence-corrected chi connectivity index (χ1v) is 17.9. The third kappa shape index (κ3) is 5.85. The van der Waals surface area contributed by atoms with Crippen molar-refractivity contribution < 1.29 is 0 Å². The van der Waals surface area contributed by atoms with Gasteiger partial charge in [-0.15, -0.1) is 0 Å². The van der Waals surface area contributed by atoms with E-state index in [4.69, 9.17) is 0 Å². The predicted octanol–water partition coefficient (Wildman–Crippen LogP) is 13.9. The van der Waals surface area contributed by atoms with Crippen LogP contribution in [0.25, 0.3) is 60.9 Å². The van der Waals surface area contributed by atoms with Gasteiger partial charge in [0.05, 0.1) is 11.0 Å². The Labute approximate surface area is 305 Å². The number of aryl methyl sites for hydroxylation is 2. The van der Waals surface area contributed by atoms with Crippen LogP contribution in [0.3, 0.4) is 0 Å². The molecule has 52 heavy (non-hydrogen) atoms. The van der Waals surface area contributed by atoms with Gasteiger partial charge in [-0.05, 0) is 120 Å². The van der Waals surface area contributed by atoms with Crippen molar-refractivity contribution in [2.75, 3.05) is 4.90 Å². The molecule has 2 nitrogen and oxygen atoms in total. The fourth-order valence-electron chi connectivity index (χ4n) is 7.45. The molecule has 1 aromatic heterocycles. The lowest BCUT2D eigenvalue weighted by molar-refractivity contribution is 1.18. The van der Waals surface area contributed by atoms with Crippen molar-refractivity contribution in [3.63, 3.8) is 0 Å². The van der Waals surface area contributed by atoms with Crippen LogP contribution in [-0.4, -0.2) is 4.57 Å². The molecule has 0 aliphatic heterocycles. The zero-order chi connectivity index (χ0) is 35.0. The molecule has 9 rings (SSSR count). The van der Waals surface area contributed by atoms with Gasteiger partial charge in [-0.2, -0.15) is 0 Å². The van der Waals surface area contributed by atoms with Crippen LogP contribution < -0.4 is 4.90 Å². The molecule has 0 N–H and O–H groups in total. The molecule has 0 bridgehead atoms. The Morgan fingerprint density at radius 1 is 0.327 bits per heavy atom. The molecule has 1 heterocycles. The quantitative estimate of drug-likeness (QED) is 0.164. The first-order valence-electron chi connectivity index (χ1n) is 17.9. The second-order valence-corrected chi connectivity index (χ2v) is 13.6. The largest absolute Gasteiger partial charge is 0.311 e. The molecule has 0 aliphatic rings. The summed E-state index contributed by atoms with van der Waals surface area (Å²) >= 11 is 0. The number of nitrogens with zero attached hydrogens (tertiary/aromatic N) is 2. The van der Waals surface area contributed by atoms with Gasteiger partial charge in [0.25, 0.3) is 0 Å². The van der Waals surface area contributed by atoms with Gasteiger partial charge in [0.1, 0.15) is 0 Å². The standard InChI is InChI=1S/C50H38N2/c1-35-13-31-49-47(33-35)48-34-36(2)14-32-50(48)52(49)46-29-21-42(22-30-46)41-19-27-45(28-20-41)51(43-23-15-39(16-24-43)37-9-5-3-6-10-37)44-25-17-40(18-26-44)38-11-7-4-8-12-38/h3-34H,1-2H3. The summed E-state index contributed by atoms with van der Waals surface area (Å²) in [6.07, 6.45) is 0. The van der Waals surface area contributed by atoms with Crippen LogP contribution in [0.15, 0.2) is 194 Å². The molecule has 0 fully saturated rings. The minimum atomic E-state index is 1.11. The molecule has 0 radical (unpaired) electrons. The molecular weight excluding hydrogens is 629 g/mol. The molecule has 0 aliphatic carbocycles. The molecule has 0 atom stereocenters. The van der Waals surface area contributed by atoms with Crippen LogP contribution in [0, 0.1) is 13.8 Å². The maximum atomic E-state index is 2.39. The highest BCUT2D eigenvalue weighted by Crippen LogP contribution is 2.38. The van der Waals surface area contributed by atoms with Crippen molar-refractivity contribution >= 4 is 38.9 Å². The van der Waals surface area contributed by atoms with Crippen molar-refractivity contribution in [3.8, 4) is 39.1 Å². The van der Waals surface area contributed by atoms with Crippen LogP contribution in [0.1, 0.15) is 11.1 Å². The summed E-state index contributed by atoms with van der Waals surface area (Å²) in [5, 5.41) is 2.60. The van der Waals surface area contributed by atoms with Crippen molar-refractivity contribution in [3.05, 3.63) is 205 Å². The van der Waals surface area contributed by atoms with E-state index in [0.717, 1.165) is 22.7 Å². The Morgan fingerprint density at radius 2 is 0.654 bits per heavy atom. The van der Waals surface area contributed by atoms with Crippen molar-refractivity contribution in [2.24, 2.45) is 0 Å². The molecule has 248 valence electrons. The average Bonchev–Trinajstić information content (AvgIpc) is 3.52.